The number of benzene rings is 2. The second-order valence-corrected chi connectivity index (χ2v) is 5.62. The van der Waals surface area contributed by atoms with Gasteiger partial charge in [0.05, 0.1) is 7.11 Å². The van der Waals surface area contributed by atoms with E-state index in [1.165, 1.54) is 26.3 Å². The molecule has 1 heterocycles. The number of hydrogen-bond donors (Lipinski definition) is 1. The topological polar surface area (TPSA) is 77.5 Å². The largest absolute Gasteiger partial charge is 0.480 e. The van der Waals surface area contributed by atoms with Crippen LogP contribution in [0.1, 0.15) is 17.3 Å². The van der Waals surface area contributed by atoms with Gasteiger partial charge in [-0.1, -0.05) is 36.4 Å². The standard InChI is InChI=1S/C20H18N2O4/c1-13(26-20(24)16-10-6-12-21-19(16)25-2)18(23)22-17-11-5-8-14-7-3-4-9-15(14)17/h3-13H,1-2H3,(H,22,23)/t13-/m0/s1. The molecule has 26 heavy (non-hydrogen) atoms. The highest BCUT2D eigenvalue weighted by atomic mass is 16.5. The molecule has 0 fully saturated rings. The molecule has 1 aromatic heterocycles. The first-order chi connectivity index (χ1) is 12.6. The number of anilines is 1. The zero-order valence-corrected chi connectivity index (χ0v) is 14.4. The highest BCUT2D eigenvalue weighted by Crippen LogP contribution is 2.23. The third kappa shape index (κ3) is 3.64. The van der Waals surface area contributed by atoms with Gasteiger partial charge in [-0.05, 0) is 30.5 Å². The smallest absolute Gasteiger partial charge is 0.344 e. The first kappa shape index (κ1) is 17.4. The third-order valence-corrected chi connectivity index (χ3v) is 3.88. The molecular weight excluding hydrogens is 332 g/mol. The van der Waals surface area contributed by atoms with Gasteiger partial charge in [-0.3, -0.25) is 4.79 Å². The molecule has 0 unspecified atom stereocenters. The third-order valence-electron chi connectivity index (χ3n) is 3.88. The van der Waals surface area contributed by atoms with Crippen molar-refractivity contribution < 1.29 is 19.1 Å². The summed E-state index contributed by atoms with van der Waals surface area (Å²) in [5.41, 5.74) is 0.828. The lowest BCUT2D eigenvalue weighted by molar-refractivity contribution is -0.123. The van der Waals surface area contributed by atoms with Crippen molar-refractivity contribution in [2.75, 3.05) is 12.4 Å². The Morgan fingerprint density at radius 2 is 1.81 bits per heavy atom. The molecule has 0 saturated carbocycles. The van der Waals surface area contributed by atoms with E-state index >= 15 is 0 Å². The van der Waals surface area contributed by atoms with Gasteiger partial charge in [0.1, 0.15) is 5.56 Å². The lowest BCUT2D eigenvalue weighted by Crippen LogP contribution is -2.30. The molecule has 6 nitrogen and oxygen atoms in total. The molecule has 0 aliphatic heterocycles. The molecule has 6 heteroatoms. The Morgan fingerprint density at radius 1 is 1.04 bits per heavy atom. The minimum atomic E-state index is -0.980. The van der Waals surface area contributed by atoms with Gasteiger partial charge in [-0.15, -0.1) is 0 Å². The summed E-state index contributed by atoms with van der Waals surface area (Å²) in [6.45, 7) is 1.52. The van der Waals surface area contributed by atoms with E-state index < -0.39 is 18.0 Å². The number of methoxy groups -OCH3 is 1. The highest BCUT2D eigenvalue weighted by Gasteiger charge is 2.22. The minimum Gasteiger partial charge on any atom is -0.480 e. The van der Waals surface area contributed by atoms with Crippen LogP contribution >= 0.6 is 0 Å². The molecule has 3 aromatic rings. The number of pyridine rings is 1. The van der Waals surface area contributed by atoms with Crippen molar-refractivity contribution in [1.82, 2.24) is 4.98 Å². The molecule has 0 spiro atoms. The molecule has 1 N–H and O–H groups in total. The highest BCUT2D eigenvalue weighted by molar-refractivity contribution is 6.04. The maximum atomic E-state index is 12.4. The predicted octanol–water partition coefficient (Wildman–Crippen LogP) is 3.43. The molecule has 1 atom stereocenters. The van der Waals surface area contributed by atoms with Crippen LogP contribution in [0.3, 0.4) is 0 Å². The number of carbonyl (C=O) groups excluding carboxylic acids is 2. The van der Waals surface area contributed by atoms with Gasteiger partial charge in [0, 0.05) is 17.3 Å². The Balaban J connectivity index is 1.72. The van der Waals surface area contributed by atoms with Gasteiger partial charge < -0.3 is 14.8 Å². The van der Waals surface area contributed by atoms with E-state index in [0.717, 1.165) is 10.8 Å². The summed E-state index contributed by atoms with van der Waals surface area (Å²) in [4.78, 5) is 28.7. The number of amides is 1. The van der Waals surface area contributed by atoms with Crippen molar-refractivity contribution >= 4 is 28.3 Å². The van der Waals surface area contributed by atoms with Crippen LogP contribution in [0.4, 0.5) is 5.69 Å². The summed E-state index contributed by atoms with van der Waals surface area (Å²) < 4.78 is 10.3. The van der Waals surface area contributed by atoms with Crippen molar-refractivity contribution in [2.45, 2.75) is 13.0 Å². The normalized spacial score (nSPS) is 11.6. The van der Waals surface area contributed by atoms with Crippen LogP contribution in [0.15, 0.2) is 60.8 Å². The second kappa shape index (κ2) is 7.65. The maximum absolute atomic E-state index is 12.4. The van der Waals surface area contributed by atoms with E-state index in [0.29, 0.717) is 5.69 Å². The van der Waals surface area contributed by atoms with Crippen molar-refractivity contribution in [1.29, 1.82) is 0 Å². The summed E-state index contributed by atoms with van der Waals surface area (Å²) in [6, 6.07) is 16.5. The molecule has 0 bridgehead atoms. The van der Waals surface area contributed by atoms with E-state index in [-0.39, 0.29) is 11.4 Å². The average Bonchev–Trinajstić information content (AvgIpc) is 2.68. The van der Waals surface area contributed by atoms with Crippen LogP contribution in [0.5, 0.6) is 5.88 Å². The number of hydrogen-bond acceptors (Lipinski definition) is 5. The number of rotatable bonds is 5. The van der Waals surface area contributed by atoms with Crippen molar-refractivity contribution in [2.24, 2.45) is 0 Å². The molecule has 0 aliphatic rings. The van der Waals surface area contributed by atoms with E-state index in [2.05, 4.69) is 10.3 Å². The van der Waals surface area contributed by atoms with E-state index in [9.17, 15) is 9.59 Å². The van der Waals surface area contributed by atoms with Gasteiger partial charge in [0.15, 0.2) is 6.10 Å². The number of carbonyl (C=O) groups is 2. The molecular formula is C20H18N2O4. The molecule has 132 valence electrons. The van der Waals surface area contributed by atoms with E-state index in [4.69, 9.17) is 9.47 Å². The molecule has 1 amide bonds. The van der Waals surface area contributed by atoms with Crippen LogP contribution in [-0.4, -0.2) is 30.1 Å². The Bertz CT molecular complexity index is 950. The van der Waals surface area contributed by atoms with Crippen molar-refractivity contribution in [3.63, 3.8) is 0 Å². The zero-order chi connectivity index (χ0) is 18.5. The molecule has 3 rings (SSSR count). The predicted molar refractivity (Wildman–Crippen MR) is 98.2 cm³/mol. The summed E-state index contributed by atoms with van der Waals surface area (Å²) in [5, 5.41) is 4.73. The molecule has 0 saturated heterocycles. The summed E-state index contributed by atoms with van der Waals surface area (Å²) >= 11 is 0. The van der Waals surface area contributed by atoms with Crippen LogP contribution in [-0.2, 0) is 9.53 Å². The summed E-state index contributed by atoms with van der Waals surface area (Å²) in [7, 11) is 1.41. The van der Waals surface area contributed by atoms with Crippen LogP contribution in [0.25, 0.3) is 10.8 Å². The average molecular weight is 350 g/mol. The number of aromatic nitrogens is 1. The second-order valence-electron chi connectivity index (χ2n) is 5.62. The number of ether oxygens (including phenoxy) is 2. The fraction of sp³-hybridized carbons (Fsp3) is 0.150. The van der Waals surface area contributed by atoms with Gasteiger partial charge in [-0.2, -0.15) is 0 Å². The Morgan fingerprint density at radius 3 is 2.62 bits per heavy atom. The number of esters is 1. The number of nitrogens with zero attached hydrogens (tertiary/aromatic N) is 1. The van der Waals surface area contributed by atoms with Crippen LogP contribution < -0.4 is 10.1 Å². The van der Waals surface area contributed by atoms with Crippen LogP contribution in [0, 0.1) is 0 Å². The fourth-order valence-corrected chi connectivity index (χ4v) is 2.56. The van der Waals surface area contributed by atoms with Gasteiger partial charge in [-0.25, -0.2) is 9.78 Å². The minimum absolute atomic E-state index is 0.152. The fourth-order valence-electron chi connectivity index (χ4n) is 2.56. The molecule has 0 radical (unpaired) electrons. The van der Waals surface area contributed by atoms with Crippen molar-refractivity contribution in [3.05, 3.63) is 66.4 Å². The van der Waals surface area contributed by atoms with Crippen molar-refractivity contribution in [3.8, 4) is 5.88 Å². The lowest BCUT2D eigenvalue weighted by Gasteiger charge is -2.15. The molecule has 0 aliphatic carbocycles. The van der Waals surface area contributed by atoms with Crippen LogP contribution in [0.2, 0.25) is 0 Å². The summed E-state index contributed by atoms with van der Waals surface area (Å²) in [6.07, 6.45) is 0.526. The van der Waals surface area contributed by atoms with E-state index in [1.54, 1.807) is 12.1 Å². The van der Waals surface area contributed by atoms with Gasteiger partial charge in [0.2, 0.25) is 5.88 Å². The number of fused-ring (bicyclic) bond motifs is 1. The zero-order valence-electron chi connectivity index (χ0n) is 14.4. The first-order valence-corrected chi connectivity index (χ1v) is 8.08. The Labute approximate surface area is 150 Å². The Kier molecular flexibility index (Phi) is 5.12. The number of nitrogens with one attached hydrogen (secondary N) is 1. The van der Waals surface area contributed by atoms with Gasteiger partial charge >= 0.3 is 5.97 Å². The Hall–Kier alpha value is -3.41. The molecule has 2 aromatic carbocycles. The lowest BCUT2D eigenvalue weighted by atomic mass is 10.1. The van der Waals surface area contributed by atoms with E-state index in [1.807, 2.05) is 36.4 Å². The quantitative estimate of drug-likeness (QED) is 0.713. The first-order valence-electron chi connectivity index (χ1n) is 8.08. The van der Waals surface area contributed by atoms with Gasteiger partial charge in [0.25, 0.3) is 5.91 Å². The summed E-state index contributed by atoms with van der Waals surface area (Å²) in [5.74, 6) is -0.938. The SMILES string of the molecule is COc1ncccc1C(=O)O[C@@H](C)C(=O)Nc1cccc2ccccc12. The monoisotopic (exact) mass is 350 g/mol. The maximum Gasteiger partial charge on any atom is 0.344 e.